The van der Waals surface area contributed by atoms with Crippen molar-refractivity contribution >= 4 is 29.5 Å². The van der Waals surface area contributed by atoms with Gasteiger partial charge in [0.1, 0.15) is 12.2 Å². The first-order chi connectivity index (χ1) is 39.3. The Kier molecular flexibility index (Phi) is 31.1. The van der Waals surface area contributed by atoms with Crippen molar-refractivity contribution in [2.45, 2.75) is 257 Å². The van der Waals surface area contributed by atoms with E-state index in [1.165, 1.54) is 50.7 Å². The number of esters is 3. The smallest absolute Gasteiger partial charge is 0.306 e. The topological polar surface area (TPSA) is 166 Å². The number of nitrogens with zero attached hydrogens (tertiary/aromatic N) is 1. The van der Waals surface area contributed by atoms with Crippen molar-refractivity contribution in [1.82, 2.24) is 4.90 Å². The first-order valence-electron chi connectivity index (χ1n) is 31.9. The van der Waals surface area contributed by atoms with Crippen LogP contribution in [0, 0.1) is 28.6 Å². The van der Waals surface area contributed by atoms with Crippen molar-refractivity contribution in [2.24, 2.45) is 28.6 Å². The van der Waals surface area contributed by atoms with E-state index in [0.29, 0.717) is 37.7 Å². The highest BCUT2D eigenvalue weighted by Gasteiger charge is 2.75. The zero-order chi connectivity index (χ0) is 60.0. The van der Waals surface area contributed by atoms with Gasteiger partial charge in [-0.05, 0) is 148 Å². The number of aliphatic hydroxyl groups excluding tert-OH is 1. The fraction of sp³-hybridized carbons (Fsp3) is 0.725. The summed E-state index contributed by atoms with van der Waals surface area (Å²) in [6.45, 7) is 13.0. The van der Waals surface area contributed by atoms with Crippen LogP contribution in [0.4, 0.5) is 4.39 Å². The first-order valence-corrected chi connectivity index (χ1v) is 31.9. The Labute approximate surface area is 493 Å². The summed E-state index contributed by atoms with van der Waals surface area (Å²) in [6, 6.07) is 0. The molecule has 4 aliphatic carbocycles. The molecule has 0 radical (unpaired) electrons. The average Bonchev–Trinajstić information content (AvgIpc) is 1.36. The lowest BCUT2D eigenvalue weighted by Gasteiger charge is -2.62. The molecule has 0 bridgehead atoms. The van der Waals surface area contributed by atoms with Crippen LogP contribution in [0.25, 0.3) is 0 Å². The van der Waals surface area contributed by atoms with Crippen LogP contribution in [0.1, 0.15) is 227 Å². The van der Waals surface area contributed by atoms with Crippen molar-refractivity contribution < 1.29 is 57.5 Å². The molecule has 462 valence electrons. The Morgan fingerprint density at radius 3 is 1.76 bits per heavy atom. The third kappa shape index (κ3) is 20.7. The molecule has 0 aromatic rings. The SMILES string of the molecule is C=C(CCC(=O)OCC(=O)[C@@]1(O)[C@H](C)C[C@H]2[C@@H]3CCC4=CC(=O)C=C[C@]4(C)[C@@]3(F)[C@@H](O)C[C@@]21C)OC[C@H](OC(=O)CCCCCCC/C=C\C/C=C\CCCCC)[C@H](CN(C)C)OC(=O)CCCCCCC/C=C\C/C=C\CCCCC. The van der Waals surface area contributed by atoms with Crippen LogP contribution in [0.2, 0.25) is 0 Å². The zero-order valence-electron chi connectivity index (χ0n) is 51.8. The largest absolute Gasteiger partial charge is 0.495 e. The van der Waals surface area contributed by atoms with Crippen molar-refractivity contribution in [3.63, 3.8) is 0 Å². The van der Waals surface area contributed by atoms with Gasteiger partial charge in [0.25, 0.3) is 0 Å². The number of hydrogen-bond acceptors (Lipinski definition) is 12. The molecular weight excluding hydrogens is 1040 g/mol. The fourth-order valence-corrected chi connectivity index (χ4v) is 13.4. The molecule has 0 aliphatic heterocycles. The number of unbranched alkanes of at least 4 members (excludes halogenated alkanes) is 16. The predicted octanol–water partition coefficient (Wildman–Crippen LogP) is 14.8. The van der Waals surface area contributed by atoms with Gasteiger partial charge >= 0.3 is 17.9 Å². The summed E-state index contributed by atoms with van der Waals surface area (Å²) in [5, 5.41) is 24.1. The summed E-state index contributed by atoms with van der Waals surface area (Å²) in [4.78, 5) is 68.3. The molecule has 4 aliphatic rings. The number of ketones is 2. The highest BCUT2D eigenvalue weighted by atomic mass is 19.1. The predicted molar refractivity (Wildman–Crippen MR) is 325 cm³/mol. The lowest BCUT2D eigenvalue weighted by molar-refractivity contribution is -0.220. The minimum atomic E-state index is -2.12. The normalized spacial score (nSPS) is 26.7. The fourth-order valence-electron chi connectivity index (χ4n) is 13.4. The van der Waals surface area contributed by atoms with Crippen molar-refractivity contribution in [2.75, 3.05) is 33.9 Å². The molecule has 0 saturated heterocycles. The minimum absolute atomic E-state index is 0.00672. The van der Waals surface area contributed by atoms with Gasteiger partial charge in [0.15, 0.2) is 30.3 Å². The van der Waals surface area contributed by atoms with Crippen molar-refractivity contribution in [3.8, 4) is 0 Å². The maximum atomic E-state index is 17.7. The third-order valence-electron chi connectivity index (χ3n) is 18.3. The zero-order valence-corrected chi connectivity index (χ0v) is 51.8. The van der Waals surface area contributed by atoms with Gasteiger partial charge in [-0.1, -0.05) is 159 Å². The van der Waals surface area contributed by atoms with Crippen LogP contribution in [-0.2, 0) is 42.9 Å². The second-order valence-corrected chi connectivity index (χ2v) is 24.9. The molecule has 3 saturated carbocycles. The lowest BCUT2D eigenvalue weighted by Crippen LogP contribution is -2.69. The Bertz CT molecular complexity index is 2200. The molecule has 82 heavy (non-hydrogen) atoms. The molecule has 0 aromatic heterocycles. The molecule has 12 nitrogen and oxygen atoms in total. The number of allylic oxidation sites excluding steroid dienone is 13. The molecule has 0 unspecified atom stereocenters. The van der Waals surface area contributed by atoms with E-state index in [-0.39, 0.29) is 62.8 Å². The van der Waals surface area contributed by atoms with E-state index in [2.05, 4.69) is 69.0 Å². The van der Waals surface area contributed by atoms with Gasteiger partial charge in [-0.25, -0.2) is 4.39 Å². The Balaban J connectivity index is 1.28. The quantitative estimate of drug-likeness (QED) is 0.0196. The van der Waals surface area contributed by atoms with Gasteiger partial charge in [-0.2, -0.15) is 0 Å². The Morgan fingerprint density at radius 2 is 1.22 bits per heavy atom. The van der Waals surface area contributed by atoms with Crippen LogP contribution in [-0.4, -0.2) is 108 Å². The number of halogens is 1. The van der Waals surface area contributed by atoms with E-state index < -0.39 is 82.5 Å². The molecule has 3 fully saturated rings. The van der Waals surface area contributed by atoms with Crippen LogP contribution < -0.4 is 0 Å². The second-order valence-electron chi connectivity index (χ2n) is 24.9. The molecule has 13 heteroatoms. The number of alkyl halides is 1. The first kappa shape index (κ1) is 70.0. The third-order valence-corrected chi connectivity index (χ3v) is 18.3. The maximum absolute atomic E-state index is 17.7. The number of ether oxygens (including phenoxy) is 4. The summed E-state index contributed by atoms with van der Waals surface area (Å²) in [6.07, 6.45) is 43.6. The number of Topliss-reactive ketones (excluding diaryl/α,β-unsaturated/α-hetero) is 1. The molecule has 2 N–H and O–H groups in total. The minimum Gasteiger partial charge on any atom is -0.495 e. The highest BCUT2D eigenvalue weighted by molar-refractivity contribution is 6.01. The maximum Gasteiger partial charge on any atom is 0.306 e. The van der Waals surface area contributed by atoms with Crippen LogP contribution in [0.3, 0.4) is 0 Å². The number of aliphatic hydroxyl groups is 2. The number of likely N-dealkylation sites (N-methyl/N-ethyl adjacent to an activating group) is 1. The number of hydrogen-bond donors (Lipinski definition) is 2. The van der Waals surface area contributed by atoms with Gasteiger partial charge in [-0.15, -0.1) is 0 Å². The molecule has 0 heterocycles. The molecule has 0 spiro atoms. The highest BCUT2D eigenvalue weighted by Crippen LogP contribution is 2.70. The summed E-state index contributed by atoms with van der Waals surface area (Å²) in [7, 11) is 3.69. The monoisotopic (exact) mass is 1150 g/mol. The second kappa shape index (κ2) is 36.4. The van der Waals surface area contributed by atoms with E-state index in [4.69, 9.17) is 18.9 Å². The molecule has 10 atom stereocenters. The van der Waals surface area contributed by atoms with Crippen LogP contribution in [0.15, 0.2) is 84.7 Å². The lowest BCUT2D eigenvalue weighted by atomic mass is 9.44. The Morgan fingerprint density at radius 1 is 0.707 bits per heavy atom. The average molecular weight is 1150 g/mol. The summed E-state index contributed by atoms with van der Waals surface area (Å²) in [5.74, 6) is -4.03. The van der Waals surface area contributed by atoms with Crippen LogP contribution >= 0.6 is 0 Å². The van der Waals surface area contributed by atoms with E-state index in [0.717, 1.165) is 89.9 Å². The van der Waals surface area contributed by atoms with E-state index in [1.807, 2.05) is 19.0 Å². The number of carbonyl (C=O) groups excluding carboxylic acids is 5. The number of carbonyl (C=O) groups is 5. The van der Waals surface area contributed by atoms with Gasteiger partial charge < -0.3 is 34.1 Å². The van der Waals surface area contributed by atoms with E-state index in [1.54, 1.807) is 26.8 Å². The summed E-state index contributed by atoms with van der Waals surface area (Å²) >= 11 is 0. The van der Waals surface area contributed by atoms with Gasteiger partial charge in [0.05, 0.1) is 18.3 Å². The van der Waals surface area contributed by atoms with Crippen molar-refractivity contribution in [3.05, 3.63) is 84.7 Å². The van der Waals surface area contributed by atoms with E-state index in [9.17, 15) is 34.2 Å². The Hall–Kier alpha value is -4.46. The molecule has 0 amide bonds. The summed E-state index contributed by atoms with van der Waals surface area (Å²) < 4.78 is 41.3. The summed E-state index contributed by atoms with van der Waals surface area (Å²) in [5.41, 5.74) is -5.90. The van der Waals surface area contributed by atoms with Gasteiger partial charge in [-0.3, -0.25) is 24.0 Å². The number of rotatable bonds is 42. The van der Waals surface area contributed by atoms with Crippen LogP contribution in [0.5, 0.6) is 0 Å². The molecule has 4 rings (SSSR count). The van der Waals surface area contributed by atoms with E-state index >= 15 is 4.39 Å². The number of fused-ring (bicyclic) bond motifs is 5. The molecule has 0 aromatic carbocycles. The standard InChI is InChI=1S/C69H108FNO11/c1-9-11-13-15-17-19-21-23-25-27-29-31-33-35-37-39-64(76)81-59(50-71(7)8)60(82-65(77)40-38-36-34-32-30-28-26-24-22-20-18-16-14-12-10-2)51-79-54(4)41-44-63(75)80-52-62(74)69(78)53(3)47-58-57-43-42-55-48-56(72)45-46-66(55,5)68(57,70)61(73)49-67(58,69)6/h17-20,23-26,45-46,48,53,57-61,73,78H,4,9-16,21-22,27-44,47,49-52H2,1-3,5-8H3/b19-17-,20-18-,25-23-,26-24-/t53-,57+,58+,59+,60+,61+,66+,67+,68+,69+/m1/s1. The molecular formula is C69H108FNO11. The van der Waals surface area contributed by atoms with Gasteiger partial charge in [0.2, 0.25) is 5.78 Å². The van der Waals surface area contributed by atoms with Gasteiger partial charge in [0, 0.05) is 42.6 Å². The van der Waals surface area contributed by atoms with Crippen molar-refractivity contribution in [1.29, 1.82) is 0 Å².